The molecule has 7 nitrogen and oxygen atoms in total. The van der Waals surface area contributed by atoms with Crippen LogP contribution < -0.4 is 0 Å². The number of rotatable bonds is 6. The molecule has 0 aliphatic heterocycles. The minimum atomic E-state index is -0.348. The van der Waals surface area contributed by atoms with Crippen molar-refractivity contribution < 1.29 is 14.3 Å². The van der Waals surface area contributed by atoms with Gasteiger partial charge in [-0.25, -0.2) is 19.7 Å². The van der Waals surface area contributed by atoms with Crippen molar-refractivity contribution in [3.63, 3.8) is 0 Å². The molecule has 0 amide bonds. The fraction of sp³-hybridized carbons (Fsp3) is 0.182. The predicted molar refractivity (Wildman–Crippen MR) is 108 cm³/mol. The van der Waals surface area contributed by atoms with E-state index in [-0.39, 0.29) is 12.1 Å². The van der Waals surface area contributed by atoms with Crippen molar-refractivity contribution in [2.45, 2.75) is 13.0 Å². The van der Waals surface area contributed by atoms with Gasteiger partial charge in [-0.05, 0) is 48.9 Å². The molecular weight excluding hydrogens is 368 g/mol. The number of aromatic nitrogens is 4. The van der Waals surface area contributed by atoms with Crippen molar-refractivity contribution in [2.24, 2.45) is 0 Å². The van der Waals surface area contributed by atoms with E-state index in [9.17, 15) is 4.79 Å². The molecular formula is C22H20N4O3. The minimum absolute atomic E-state index is 0.303. The number of carbonyl (C=O) groups excluding carboxylic acids is 1. The Balaban J connectivity index is 1.71. The van der Waals surface area contributed by atoms with Crippen molar-refractivity contribution in [3.8, 4) is 5.69 Å². The average molecular weight is 388 g/mol. The third-order valence-electron chi connectivity index (χ3n) is 4.62. The highest BCUT2D eigenvalue weighted by Gasteiger charge is 2.16. The molecule has 4 aromatic rings. The van der Waals surface area contributed by atoms with E-state index in [4.69, 9.17) is 9.47 Å². The zero-order chi connectivity index (χ0) is 20.2. The fourth-order valence-corrected chi connectivity index (χ4v) is 3.28. The molecule has 0 aliphatic carbocycles. The number of methoxy groups -OCH3 is 1. The zero-order valence-corrected chi connectivity index (χ0v) is 16.1. The topological polar surface area (TPSA) is 79.1 Å². The van der Waals surface area contributed by atoms with Crippen molar-refractivity contribution in [1.29, 1.82) is 0 Å². The van der Waals surface area contributed by atoms with Crippen LogP contribution in [0, 0.1) is 0 Å². The Bertz CT molecular complexity index is 1140. The van der Waals surface area contributed by atoms with Crippen LogP contribution in [0.5, 0.6) is 0 Å². The molecule has 2 heterocycles. The monoisotopic (exact) mass is 388 g/mol. The average Bonchev–Trinajstić information content (AvgIpc) is 3.19. The Morgan fingerprint density at radius 1 is 1.14 bits per heavy atom. The van der Waals surface area contributed by atoms with Crippen LogP contribution in [-0.2, 0) is 9.47 Å². The highest BCUT2D eigenvalue weighted by Crippen LogP contribution is 2.27. The van der Waals surface area contributed by atoms with E-state index >= 15 is 0 Å². The van der Waals surface area contributed by atoms with Gasteiger partial charge in [-0.2, -0.15) is 0 Å². The molecule has 2 aromatic heterocycles. The standard InChI is InChI=1S/C22H20N4O3/c1-3-29-22(27)16-7-8-20-19(12-16)25-14-26(20)17-6-4-5-15(11-17)21(28-2)18-9-10-23-13-24-18/h4-14,21H,3H2,1-2H3. The largest absolute Gasteiger partial charge is 0.462 e. The highest BCUT2D eigenvalue weighted by atomic mass is 16.5. The first-order valence-corrected chi connectivity index (χ1v) is 9.24. The molecule has 7 heteroatoms. The molecule has 4 rings (SSSR count). The van der Waals surface area contributed by atoms with Crippen molar-refractivity contribution in [1.82, 2.24) is 19.5 Å². The van der Waals surface area contributed by atoms with Gasteiger partial charge in [0.05, 0.1) is 28.9 Å². The first-order valence-electron chi connectivity index (χ1n) is 9.24. The Kier molecular flexibility index (Phi) is 5.31. The van der Waals surface area contributed by atoms with Crippen molar-refractivity contribution >= 4 is 17.0 Å². The van der Waals surface area contributed by atoms with Crippen LogP contribution in [0.4, 0.5) is 0 Å². The van der Waals surface area contributed by atoms with E-state index in [2.05, 4.69) is 15.0 Å². The van der Waals surface area contributed by atoms with Crippen LogP contribution in [-0.4, -0.2) is 39.2 Å². The lowest BCUT2D eigenvalue weighted by molar-refractivity contribution is 0.0526. The van der Waals surface area contributed by atoms with Crippen LogP contribution in [0.15, 0.2) is 67.4 Å². The molecule has 0 N–H and O–H groups in total. The Hall–Kier alpha value is -3.58. The summed E-state index contributed by atoms with van der Waals surface area (Å²) in [6.45, 7) is 2.12. The smallest absolute Gasteiger partial charge is 0.338 e. The molecule has 0 radical (unpaired) electrons. The molecule has 0 spiro atoms. The Morgan fingerprint density at radius 2 is 2.03 bits per heavy atom. The summed E-state index contributed by atoms with van der Waals surface area (Å²) in [5, 5.41) is 0. The van der Waals surface area contributed by atoms with Gasteiger partial charge in [-0.3, -0.25) is 4.57 Å². The van der Waals surface area contributed by atoms with Crippen LogP contribution in [0.2, 0.25) is 0 Å². The third kappa shape index (κ3) is 3.72. The van der Waals surface area contributed by atoms with Crippen LogP contribution in [0.1, 0.15) is 34.6 Å². The van der Waals surface area contributed by atoms with Crippen molar-refractivity contribution in [3.05, 3.63) is 84.2 Å². The van der Waals surface area contributed by atoms with E-state index in [0.29, 0.717) is 12.2 Å². The first-order chi connectivity index (χ1) is 14.2. The summed E-state index contributed by atoms with van der Waals surface area (Å²) in [7, 11) is 1.66. The first kappa shape index (κ1) is 18.8. The van der Waals surface area contributed by atoms with Crippen LogP contribution in [0.3, 0.4) is 0 Å². The van der Waals surface area contributed by atoms with Gasteiger partial charge < -0.3 is 9.47 Å². The fourth-order valence-electron chi connectivity index (χ4n) is 3.28. The number of benzene rings is 2. The summed E-state index contributed by atoms with van der Waals surface area (Å²) in [4.78, 5) is 24.7. The maximum absolute atomic E-state index is 12.0. The Labute approximate surface area is 168 Å². The maximum Gasteiger partial charge on any atom is 0.338 e. The molecule has 2 aromatic carbocycles. The number of ether oxygens (including phenoxy) is 2. The summed E-state index contributed by atoms with van der Waals surface area (Å²) >= 11 is 0. The van der Waals surface area contributed by atoms with E-state index in [1.165, 1.54) is 6.33 Å². The summed E-state index contributed by atoms with van der Waals surface area (Å²) in [5.74, 6) is -0.348. The normalized spacial score (nSPS) is 12.1. The van der Waals surface area contributed by atoms with Gasteiger partial charge in [-0.15, -0.1) is 0 Å². The molecule has 0 aliphatic rings. The van der Waals surface area contributed by atoms with Gasteiger partial charge in [0.2, 0.25) is 0 Å². The minimum Gasteiger partial charge on any atom is -0.462 e. The van der Waals surface area contributed by atoms with Gasteiger partial charge in [0, 0.05) is 19.0 Å². The molecule has 29 heavy (non-hydrogen) atoms. The second kappa shape index (κ2) is 8.20. The lowest BCUT2D eigenvalue weighted by Crippen LogP contribution is -2.07. The molecule has 0 saturated carbocycles. The van der Waals surface area contributed by atoms with Crippen LogP contribution in [0.25, 0.3) is 16.7 Å². The van der Waals surface area contributed by atoms with Gasteiger partial charge >= 0.3 is 5.97 Å². The van der Waals surface area contributed by atoms with Crippen LogP contribution >= 0.6 is 0 Å². The lowest BCUT2D eigenvalue weighted by atomic mass is 10.1. The van der Waals surface area contributed by atoms with E-state index < -0.39 is 0 Å². The third-order valence-corrected chi connectivity index (χ3v) is 4.62. The maximum atomic E-state index is 12.0. The number of nitrogens with zero attached hydrogens (tertiary/aromatic N) is 4. The predicted octanol–water partition coefficient (Wildman–Crippen LogP) is 3.73. The molecule has 1 unspecified atom stereocenters. The summed E-state index contributed by atoms with van der Waals surface area (Å²) in [6, 6.07) is 15.2. The van der Waals surface area contributed by atoms with Gasteiger partial charge in [0.25, 0.3) is 0 Å². The van der Waals surface area contributed by atoms with E-state index in [1.807, 2.05) is 41.0 Å². The zero-order valence-electron chi connectivity index (χ0n) is 16.1. The summed E-state index contributed by atoms with van der Waals surface area (Å²) < 4.78 is 12.7. The number of carbonyl (C=O) groups is 1. The summed E-state index contributed by atoms with van der Waals surface area (Å²) in [5.41, 5.74) is 4.79. The number of hydrogen-bond acceptors (Lipinski definition) is 6. The second-order valence-corrected chi connectivity index (χ2v) is 6.38. The molecule has 0 saturated heterocycles. The number of hydrogen-bond donors (Lipinski definition) is 0. The number of esters is 1. The lowest BCUT2D eigenvalue weighted by Gasteiger charge is -2.16. The quantitative estimate of drug-likeness (QED) is 0.468. The highest BCUT2D eigenvalue weighted by molar-refractivity contribution is 5.94. The SMILES string of the molecule is CCOC(=O)c1ccc2c(c1)ncn2-c1cccc(C(OC)c2ccncn2)c1. The number of imidazole rings is 1. The van der Waals surface area contributed by atoms with Gasteiger partial charge in [0.1, 0.15) is 18.8 Å². The van der Waals surface area contributed by atoms with Gasteiger partial charge in [0.15, 0.2) is 0 Å². The Morgan fingerprint density at radius 3 is 2.79 bits per heavy atom. The molecule has 0 fully saturated rings. The van der Waals surface area contributed by atoms with E-state index in [0.717, 1.165) is 28.0 Å². The van der Waals surface area contributed by atoms with Gasteiger partial charge in [-0.1, -0.05) is 12.1 Å². The second-order valence-electron chi connectivity index (χ2n) is 6.38. The summed E-state index contributed by atoms with van der Waals surface area (Å²) in [6.07, 6.45) is 4.65. The van der Waals surface area contributed by atoms with E-state index in [1.54, 1.807) is 38.7 Å². The molecule has 146 valence electrons. The molecule has 0 bridgehead atoms. The molecule has 1 atom stereocenters. The van der Waals surface area contributed by atoms with Crippen molar-refractivity contribution in [2.75, 3.05) is 13.7 Å². The number of fused-ring (bicyclic) bond motifs is 1.